The lowest BCUT2D eigenvalue weighted by Gasteiger charge is -2.34. The third-order valence-electron chi connectivity index (χ3n) is 4.47. The molecule has 0 atom stereocenters. The topological polar surface area (TPSA) is 108 Å². The van der Waals surface area contributed by atoms with Crippen molar-refractivity contribution < 1.29 is 19.1 Å². The largest absolute Gasteiger partial charge is 0.450 e. The molecule has 9 nitrogen and oxygen atoms in total. The minimum absolute atomic E-state index is 0.0503. The van der Waals surface area contributed by atoms with E-state index < -0.39 is 0 Å². The van der Waals surface area contributed by atoms with Crippen LogP contribution in [-0.4, -0.2) is 77.2 Å². The van der Waals surface area contributed by atoms with Gasteiger partial charge in [-0.15, -0.1) is 0 Å². The number of amides is 3. The molecule has 2 heterocycles. The third kappa shape index (κ3) is 4.36. The van der Waals surface area contributed by atoms with Gasteiger partial charge in [0.15, 0.2) is 5.69 Å². The zero-order valence-corrected chi connectivity index (χ0v) is 15.2. The zero-order valence-electron chi connectivity index (χ0n) is 15.2. The van der Waals surface area contributed by atoms with Crippen LogP contribution in [0, 0.1) is 0 Å². The first-order chi connectivity index (χ1) is 13.1. The van der Waals surface area contributed by atoms with Crippen LogP contribution in [-0.2, 0) is 9.53 Å². The maximum atomic E-state index is 12.3. The molecule has 1 fully saturated rings. The molecule has 1 aliphatic heterocycles. The van der Waals surface area contributed by atoms with E-state index in [1.807, 2.05) is 24.3 Å². The summed E-state index contributed by atoms with van der Waals surface area (Å²) in [5, 5.41) is 10.3. The summed E-state index contributed by atoms with van der Waals surface area (Å²) in [6, 6.07) is 7.37. The van der Waals surface area contributed by atoms with Gasteiger partial charge in [-0.05, 0) is 13.0 Å². The number of carbonyl (C=O) groups excluding carboxylic acids is 3. The van der Waals surface area contributed by atoms with Gasteiger partial charge in [-0.2, -0.15) is 5.10 Å². The first-order valence-electron chi connectivity index (χ1n) is 9.01. The number of fused-ring (bicyclic) bond motifs is 1. The highest BCUT2D eigenvalue weighted by Crippen LogP contribution is 2.14. The number of aromatic amines is 1. The van der Waals surface area contributed by atoms with Gasteiger partial charge < -0.3 is 19.9 Å². The summed E-state index contributed by atoms with van der Waals surface area (Å²) in [6.07, 6.45) is -0.142. The Kier molecular flexibility index (Phi) is 5.90. The second kappa shape index (κ2) is 8.52. The number of nitrogens with one attached hydrogen (secondary N) is 2. The third-order valence-corrected chi connectivity index (χ3v) is 4.47. The molecule has 1 aromatic carbocycles. The van der Waals surface area contributed by atoms with E-state index in [4.69, 9.17) is 4.74 Å². The monoisotopic (exact) mass is 373 g/mol. The van der Waals surface area contributed by atoms with E-state index in [2.05, 4.69) is 15.5 Å². The molecule has 1 aliphatic rings. The van der Waals surface area contributed by atoms with Crippen LogP contribution in [0.15, 0.2) is 24.3 Å². The van der Waals surface area contributed by atoms with Crippen molar-refractivity contribution in [2.75, 3.05) is 39.3 Å². The SMILES string of the molecule is CCOC(=O)N1CCN(C(=O)CCNC(=O)c2n[nH]c3ccccc23)CC1. The average Bonchev–Trinajstić information content (AvgIpc) is 3.12. The zero-order chi connectivity index (χ0) is 19.2. The molecular weight excluding hydrogens is 350 g/mol. The number of carbonyl (C=O) groups is 3. The van der Waals surface area contributed by atoms with Crippen molar-refractivity contribution in [1.29, 1.82) is 0 Å². The van der Waals surface area contributed by atoms with Crippen molar-refractivity contribution in [2.45, 2.75) is 13.3 Å². The minimum atomic E-state index is -0.344. The predicted molar refractivity (Wildman–Crippen MR) is 98.2 cm³/mol. The molecule has 0 unspecified atom stereocenters. The van der Waals surface area contributed by atoms with Crippen molar-refractivity contribution in [1.82, 2.24) is 25.3 Å². The molecule has 2 aromatic rings. The minimum Gasteiger partial charge on any atom is -0.450 e. The van der Waals surface area contributed by atoms with Crippen LogP contribution in [0.25, 0.3) is 10.9 Å². The quantitative estimate of drug-likeness (QED) is 0.812. The van der Waals surface area contributed by atoms with Gasteiger partial charge in [-0.25, -0.2) is 4.79 Å². The van der Waals surface area contributed by atoms with E-state index in [0.29, 0.717) is 38.5 Å². The summed E-state index contributed by atoms with van der Waals surface area (Å²) < 4.78 is 4.96. The molecule has 3 rings (SSSR count). The van der Waals surface area contributed by atoms with E-state index in [0.717, 1.165) is 10.9 Å². The Balaban J connectivity index is 1.43. The highest BCUT2D eigenvalue weighted by Gasteiger charge is 2.24. The number of H-pyrrole nitrogens is 1. The van der Waals surface area contributed by atoms with Crippen LogP contribution in [0.3, 0.4) is 0 Å². The van der Waals surface area contributed by atoms with Crippen molar-refractivity contribution in [3.63, 3.8) is 0 Å². The first kappa shape index (κ1) is 18.7. The van der Waals surface area contributed by atoms with Crippen molar-refractivity contribution in [3.8, 4) is 0 Å². The summed E-state index contributed by atoms with van der Waals surface area (Å²) in [5.74, 6) is -0.363. The highest BCUT2D eigenvalue weighted by molar-refractivity contribution is 6.04. The molecule has 144 valence electrons. The Morgan fingerprint density at radius 1 is 1.15 bits per heavy atom. The number of ether oxygens (including phenoxy) is 1. The lowest BCUT2D eigenvalue weighted by atomic mass is 10.2. The second-order valence-corrected chi connectivity index (χ2v) is 6.19. The fraction of sp³-hybridized carbons (Fsp3) is 0.444. The van der Waals surface area contributed by atoms with Gasteiger partial charge in [0.2, 0.25) is 5.91 Å². The Labute approximate surface area is 156 Å². The van der Waals surface area contributed by atoms with Crippen molar-refractivity contribution >= 4 is 28.8 Å². The fourth-order valence-corrected chi connectivity index (χ4v) is 3.01. The van der Waals surface area contributed by atoms with Gasteiger partial charge in [-0.3, -0.25) is 14.7 Å². The number of aromatic nitrogens is 2. The molecule has 2 N–H and O–H groups in total. The van der Waals surface area contributed by atoms with Gasteiger partial charge in [0, 0.05) is 44.5 Å². The van der Waals surface area contributed by atoms with Crippen LogP contribution in [0.4, 0.5) is 4.79 Å². The van der Waals surface area contributed by atoms with E-state index >= 15 is 0 Å². The average molecular weight is 373 g/mol. The number of piperazine rings is 1. The maximum absolute atomic E-state index is 12.3. The first-order valence-corrected chi connectivity index (χ1v) is 9.01. The number of hydrogen-bond acceptors (Lipinski definition) is 5. The van der Waals surface area contributed by atoms with E-state index in [-0.39, 0.29) is 30.9 Å². The molecule has 0 spiro atoms. The molecule has 3 amide bonds. The molecule has 9 heteroatoms. The lowest BCUT2D eigenvalue weighted by molar-refractivity contribution is -0.132. The Bertz CT molecular complexity index is 826. The van der Waals surface area contributed by atoms with E-state index in [1.54, 1.807) is 16.7 Å². The van der Waals surface area contributed by atoms with Crippen LogP contribution >= 0.6 is 0 Å². The summed E-state index contributed by atoms with van der Waals surface area (Å²) in [5.41, 5.74) is 1.11. The molecule has 27 heavy (non-hydrogen) atoms. The molecule has 1 aromatic heterocycles. The van der Waals surface area contributed by atoms with Gasteiger partial charge in [0.1, 0.15) is 0 Å². The lowest BCUT2D eigenvalue weighted by Crippen LogP contribution is -2.51. The fourth-order valence-electron chi connectivity index (χ4n) is 3.01. The van der Waals surface area contributed by atoms with Gasteiger partial charge in [-0.1, -0.05) is 18.2 Å². The van der Waals surface area contributed by atoms with Gasteiger partial charge in [0.05, 0.1) is 12.1 Å². The highest BCUT2D eigenvalue weighted by atomic mass is 16.6. The number of hydrogen-bond donors (Lipinski definition) is 2. The van der Waals surface area contributed by atoms with Gasteiger partial charge in [0.25, 0.3) is 5.91 Å². The Morgan fingerprint density at radius 2 is 1.85 bits per heavy atom. The summed E-state index contributed by atoms with van der Waals surface area (Å²) in [4.78, 5) is 39.5. The van der Waals surface area contributed by atoms with Crippen LogP contribution < -0.4 is 5.32 Å². The molecule has 1 saturated heterocycles. The maximum Gasteiger partial charge on any atom is 0.409 e. The Hall–Kier alpha value is -3.10. The van der Waals surface area contributed by atoms with Gasteiger partial charge >= 0.3 is 6.09 Å². The number of rotatable bonds is 5. The van der Waals surface area contributed by atoms with Crippen molar-refractivity contribution in [2.24, 2.45) is 0 Å². The van der Waals surface area contributed by atoms with Crippen LogP contribution in [0.2, 0.25) is 0 Å². The molecule has 0 saturated carbocycles. The van der Waals surface area contributed by atoms with E-state index in [1.165, 1.54) is 0 Å². The number of nitrogens with zero attached hydrogens (tertiary/aromatic N) is 3. The summed E-state index contributed by atoms with van der Waals surface area (Å²) >= 11 is 0. The molecule has 0 bridgehead atoms. The predicted octanol–water partition coefficient (Wildman–Crippen LogP) is 0.983. The standard InChI is InChI=1S/C18H23N5O4/c1-2-27-18(26)23-11-9-22(10-12-23)15(24)7-8-19-17(25)16-13-5-3-4-6-14(13)20-21-16/h3-6H,2,7-12H2,1H3,(H,19,25)(H,20,21). The second-order valence-electron chi connectivity index (χ2n) is 6.19. The molecular formula is C18H23N5O4. The van der Waals surface area contributed by atoms with Crippen LogP contribution in [0.1, 0.15) is 23.8 Å². The Morgan fingerprint density at radius 3 is 2.59 bits per heavy atom. The van der Waals surface area contributed by atoms with E-state index in [9.17, 15) is 14.4 Å². The molecule has 0 radical (unpaired) electrons. The molecule has 0 aliphatic carbocycles. The van der Waals surface area contributed by atoms with Crippen molar-refractivity contribution in [3.05, 3.63) is 30.0 Å². The van der Waals surface area contributed by atoms with Crippen LogP contribution in [0.5, 0.6) is 0 Å². The normalized spacial score (nSPS) is 14.3. The number of para-hydroxylation sites is 1. The smallest absolute Gasteiger partial charge is 0.409 e. The summed E-state index contributed by atoms with van der Waals surface area (Å²) in [7, 11) is 0. The summed E-state index contributed by atoms with van der Waals surface area (Å²) in [6.45, 7) is 4.18. The number of benzene rings is 1.